The molecule has 1 N–H and O–H groups in total. The fraction of sp³-hybridized carbons (Fsp3) is 0.375. The van der Waals surface area contributed by atoms with Gasteiger partial charge in [0.25, 0.3) is 0 Å². The van der Waals surface area contributed by atoms with E-state index in [2.05, 4.69) is 11.2 Å². The highest BCUT2D eigenvalue weighted by Crippen LogP contribution is 2.12. The highest BCUT2D eigenvalue weighted by Gasteiger charge is 2.21. The van der Waals surface area contributed by atoms with Gasteiger partial charge in [0.2, 0.25) is 0 Å². The molecule has 0 bridgehead atoms. The molecule has 0 heterocycles. The van der Waals surface area contributed by atoms with Crippen LogP contribution < -0.4 is 10.1 Å². The number of terminal acetylenes is 1. The van der Waals surface area contributed by atoms with Crippen molar-refractivity contribution in [3.05, 3.63) is 29.8 Å². The summed E-state index contributed by atoms with van der Waals surface area (Å²) in [5.74, 6) is 2.44. The molecule has 0 saturated carbocycles. The van der Waals surface area contributed by atoms with E-state index in [4.69, 9.17) is 20.6 Å². The van der Waals surface area contributed by atoms with E-state index in [1.807, 2.05) is 0 Å². The van der Waals surface area contributed by atoms with Crippen molar-refractivity contribution in [3.8, 4) is 18.1 Å². The van der Waals surface area contributed by atoms with E-state index < -0.39 is 18.1 Å². The number of benzene rings is 1. The van der Waals surface area contributed by atoms with E-state index in [9.17, 15) is 9.59 Å². The number of methoxy groups -OCH3 is 1. The second-order valence-corrected chi connectivity index (χ2v) is 4.28. The Morgan fingerprint density at radius 3 is 2.50 bits per heavy atom. The van der Waals surface area contributed by atoms with Crippen molar-refractivity contribution >= 4 is 12.1 Å². The zero-order valence-electron chi connectivity index (χ0n) is 12.6. The molecular weight excluding hydrogens is 286 g/mol. The van der Waals surface area contributed by atoms with Crippen LogP contribution in [-0.2, 0) is 20.9 Å². The van der Waals surface area contributed by atoms with E-state index in [0.717, 1.165) is 5.56 Å². The fourth-order valence-corrected chi connectivity index (χ4v) is 1.61. The number of esters is 1. The normalized spacial score (nSPS) is 11.0. The van der Waals surface area contributed by atoms with Gasteiger partial charge < -0.3 is 19.5 Å². The van der Waals surface area contributed by atoms with E-state index in [0.29, 0.717) is 5.75 Å². The average Bonchev–Trinajstić information content (AvgIpc) is 2.53. The van der Waals surface area contributed by atoms with Gasteiger partial charge in [0.15, 0.2) is 0 Å². The van der Waals surface area contributed by atoms with Gasteiger partial charge in [0, 0.05) is 6.42 Å². The van der Waals surface area contributed by atoms with Crippen LogP contribution in [0.2, 0.25) is 0 Å². The largest absolute Gasteiger partial charge is 0.497 e. The molecule has 0 aliphatic rings. The average molecular weight is 305 g/mol. The first kappa shape index (κ1) is 17.4. The first-order valence-corrected chi connectivity index (χ1v) is 6.77. The molecule has 22 heavy (non-hydrogen) atoms. The molecule has 6 nitrogen and oxygen atoms in total. The molecule has 0 aliphatic heterocycles. The zero-order valence-corrected chi connectivity index (χ0v) is 12.6. The Kier molecular flexibility index (Phi) is 7.34. The molecule has 0 aliphatic carbocycles. The van der Waals surface area contributed by atoms with E-state index >= 15 is 0 Å². The van der Waals surface area contributed by atoms with Crippen LogP contribution in [0.15, 0.2) is 24.3 Å². The van der Waals surface area contributed by atoms with Crippen molar-refractivity contribution in [2.45, 2.75) is 26.0 Å². The third-order valence-corrected chi connectivity index (χ3v) is 2.71. The molecule has 1 atom stereocenters. The van der Waals surface area contributed by atoms with E-state index in [1.54, 1.807) is 38.3 Å². The molecule has 0 aromatic heterocycles. The number of carbonyl (C=O) groups excluding carboxylic acids is 2. The Bertz CT molecular complexity index is 532. The topological polar surface area (TPSA) is 73.9 Å². The standard InChI is InChI=1S/C16H19NO5/c1-4-6-14(15(18)21-5-2)17-16(19)22-11-12-7-9-13(20-3)10-8-12/h1,7-10,14H,5-6,11H2,2-3H3,(H,17,19). The van der Waals surface area contributed by atoms with Crippen LogP contribution in [0.25, 0.3) is 0 Å². The van der Waals surface area contributed by atoms with Gasteiger partial charge in [-0.2, -0.15) is 0 Å². The van der Waals surface area contributed by atoms with Crippen LogP contribution in [0.3, 0.4) is 0 Å². The van der Waals surface area contributed by atoms with Crippen LogP contribution >= 0.6 is 0 Å². The molecule has 0 radical (unpaired) electrons. The summed E-state index contributed by atoms with van der Waals surface area (Å²) < 4.78 is 14.9. The van der Waals surface area contributed by atoms with Gasteiger partial charge in [-0.15, -0.1) is 12.3 Å². The maximum Gasteiger partial charge on any atom is 0.408 e. The van der Waals surface area contributed by atoms with Crippen LogP contribution in [0, 0.1) is 12.3 Å². The summed E-state index contributed by atoms with van der Waals surface area (Å²) in [6.07, 6.45) is 4.48. The highest BCUT2D eigenvalue weighted by molar-refractivity contribution is 5.81. The first-order chi connectivity index (χ1) is 10.6. The van der Waals surface area contributed by atoms with Gasteiger partial charge in [0.05, 0.1) is 13.7 Å². The van der Waals surface area contributed by atoms with Crippen LogP contribution in [0.1, 0.15) is 18.9 Å². The fourth-order valence-electron chi connectivity index (χ4n) is 1.61. The minimum absolute atomic E-state index is 0.0382. The Balaban J connectivity index is 2.49. The number of hydrogen-bond donors (Lipinski definition) is 1. The molecule has 1 amide bonds. The van der Waals surface area contributed by atoms with Crippen LogP contribution in [0.5, 0.6) is 5.75 Å². The predicted molar refractivity (Wildman–Crippen MR) is 80.2 cm³/mol. The lowest BCUT2D eigenvalue weighted by Gasteiger charge is -2.15. The summed E-state index contributed by atoms with van der Waals surface area (Å²) >= 11 is 0. The van der Waals surface area contributed by atoms with Crippen molar-refractivity contribution in [2.75, 3.05) is 13.7 Å². The number of nitrogens with one attached hydrogen (secondary N) is 1. The Labute approximate surface area is 129 Å². The Morgan fingerprint density at radius 1 is 1.27 bits per heavy atom. The third-order valence-electron chi connectivity index (χ3n) is 2.71. The van der Waals surface area contributed by atoms with Crippen molar-refractivity contribution in [1.82, 2.24) is 5.32 Å². The number of alkyl carbamates (subject to hydrolysis) is 1. The first-order valence-electron chi connectivity index (χ1n) is 6.77. The van der Waals surface area contributed by atoms with Gasteiger partial charge in [-0.1, -0.05) is 12.1 Å². The number of amides is 1. The van der Waals surface area contributed by atoms with Crippen molar-refractivity contribution < 1.29 is 23.8 Å². The zero-order chi connectivity index (χ0) is 16.4. The molecular formula is C16H19NO5. The number of rotatable bonds is 7. The van der Waals surface area contributed by atoms with E-state index in [1.165, 1.54) is 0 Å². The van der Waals surface area contributed by atoms with Crippen LogP contribution in [-0.4, -0.2) is 31.8 Å². The maximum atomic E-state index is 11.7. The lowest BCUT2D eigenvalue weighted by atomic mass is 10.2. The van der Waals surface area contributed by atoms with Crippen molar-refractivity contribution in [2.24, 2.45) is 0 Å². The minimum Gasteiger partial charge on any atom is -0.497 e. The third kappa shape index (κ3) is 5.75. The van der Waals surface area contributed by atoms with Gasteiger partial charge in [-0.25, -0.2) is 9.59 Å². The molecule has 118 valence electrons. The minimum atomic E-state index is -0.909. The van der Waals surface area contributed by atoms with Gasteiger partial charge >= 0.3 is 12.1 Å². The summed E-state index contributed by atoms with van der Waals surface area (Å²) in [6, 6.07) is 6.16. The summed E-state index contributed by atoms with van der Waals surface area (Å²) in [4.78, 5) is 23.3. The lowest BCUT2D eigenvalue weighted by Crippen LogP contribution is -2.41. The van der Waals surface area contributed by atoms with Gasteiger partial charge in [-0.3, -0.25) is 0 Å². The number of ether oxygens (including phenoxy) is 3. The summed E-state index contributed by atoms with van der Waals surface area (Å²) in [7, 11) is 1.57. The molecule has 1 unspecified atom stereocenters. The Hall–Kier alpha value is -2.68. The van der Waals surface area contributed by atoms with Gasteiger partial charge in [-0.05, 0) is 24.6 Å². The summed E-state index contributed by atoms with van der Waals surface area (Å²) in [5.41, 5.74) is 0.792. The molecule has 1 aromatic rings. The SMILES string of the molecule is C#CCC(NC(=O)OCc1ccc(OC)cc1)C(=O)OCC. The molecule has 0 spiro atoms. The number of carbonyl (C=O) groups is 2. The number of hydrogen-bond acceptors (Lipinski definition) is 5. The molecule has 0 saturated heterocycles. The molecule has 1 rings (SSSR count). The highest BCUT2D eigenvalue weighted by atomic mass is 16.6. The quantitative estimate of drug-likeness (QED) is 0.615. The van der Waals surface area contributed by atoms with Crippen molar-refractivity contribution in [1.29, 1.82) is 0 Å². The monoisotopic (exact) mass is 305 g/mol. The molecule has 1 aromatic carbocycles. The smallest absolute Gasteiger partial charge is 0.408 e. The Morgan fingerprint density at radius 2 is 1.95 bits per heavy atom. The predicted octanol–water partition coefficient (Wildman–Crippen LogP) is 1.88. The van der Waals surface area contributed by atoms with Crippen LogP contribution in [0.4, 0.5) is 4.79 Å². The maximum absolute atomic E-state index is 11.7. The summed E-state index contributed by atoms with van der Waals surface area (Å²) in [5, 5.41) is 2.39. The molecule has 0 fully saturated rings. The second-order valence-electron chi connectivity index (χ2n) is 4.28. The van der Waals surface area contributed by atoms with Crippen molar-refractivity contribution in [3.63, 3.8) is 0 Å². The van der Waals surface area contributed by atoms with Gasteiger partial charge in [0.1, 0.15) is 18.4 Å². The summed E-state index contributed by atoms with van der Waals surface area (Å²) in [6.45, 7) is 1.96. The van der Waals surface area contributed by atoms with E-state index in [-0.39, 0.29) is 19.6 Å². The molecule has 6 heteroatoms. The second kappa shape index (κ2) is 9.29. The lowest BCUT2D eigenvalue weighted by molar-refractivity contribution is -0.145.